The molecule has 0 fully saturated rings. The van der Waals surface area contributed by atoms with Crippen molar-refractivity contribution in [3.05, 3.63) is 42.0 Å². The van der Waals surface area contributed by atoms with Crippen LogP contribution in [0.2, 0.25) is 0 Å². The predicted octanol–water partition coefficient (Wildman–Crippen LogP) is 2.49. The van der Waals surface area contributed by atoms with Crippen molar-refractivity contribution in [1.29, 1.82) is 0 Å². The first-order valence-corrected chi connectivity index (χ1v) is 5.22. The van der Waals surface area contributed by atoms with Crippen LogP contribution in [0, 0.1) is 0 Å². The summed E-state index contributed by atoms with van der Waals surface area (Å²) in [7, 11) is 0. The molecule has 2 heteroatoms. The summed E-state index contributed by atoms with van der Waals surface area (Å²) in [6, 6.07) is 9.97. The van der Waals surface area contributed by atoms with E-state index < -0.39 is 0 Å². The van der Waals surface area contributed by atoms with E-state index in [0.29, 0.717) is 0 Å². The molecule has 0 aliphatic heterocycles. The Morgan fingerprint density at radius 3 is 2.47 bits per heavy atom. The summed E-state index contributed by atoms with van der Waals surface area (Å²) in [4.78, 5) is 0. The molecule has 0 aromatic heterocycles. The Labute approximate surface area is 91.2 Å². The van der Waals surface area contributed by atoms with Crippen LogP contribution in [0.5, 0.6) is 0 Å². The van der Waals surface area contributed by atoms with Gasteiger partial charge in [-0.3, -0.25) is 0 Å². The van der Waals surface area contributed by atoms with Gasteiger partial charge in [0.05, 0.1) is 18.8 Å². The van der Waals surface area contributed by atoms with Crippen LogP contribution in [-0.4, -0.2) is 23.9 Å². The highest BCUT2D eigenvalue weighted by Crippen LogP contribution is 2.05. The van der Waals surface area contributed by atoms with Gasteiger partial charge in [0, 0.05) is 0 Å². The Morgan fingerprint density at radius 1 is 1.27 bits per heavy atom. The van der Waals surface area contributed by atoms with E-state index in [9.17, 15) is 0 Å². The third-order valence-corrected chi connectivity index (χ3v) is 1.93. The van der Waals surface area contributed by atoms with E-state index >= 15 is 0 Å². The van der Waals surface area contributed by atoms with Crippen molar-refractivity contribution in [2.45, 2.75) is 26.1 Å². The van der Waals surface area contributed by atoms with Gasteiger partial charge >= 0.3 is 0 Å². The number of ether oxygens (including phenoxy) is 1. The van der Waals surface area contributed by atoms with Crippen molar-refractivity contribution in [1.82, 2.24) is 0 Å². The van der Waals surface area contributed by atoms with Gasteiger partial charge in [-0.25, -0.2) is 0 Å². The molecule has 0 amide bonds. The molecule has 1 unspecified atom stereocenters. The molecule has 0 aliphatic carbocycles. The lowest BCUT2D eigenvalue weighted by Crippen LogP contribution is -2.19. The molecule has 1 rings (SSSR count). The van der Waals surface area contributed by atoms with E-state index in [1.165, 1.54) is 0 Å². The van der Waals surface area contributed by atoms with Gasteiger partial charge in [0.15, 0.2) is 0 Å². The Hall–Kier alpha value is -1.12. The number of aliphatic hydroxyl groups is 1. The molecule has 0 heterocycles. The highest BCUT2D eigenvalue weighted by molar-refractivity contribution is 5.49. The quantitative estimate of drug-likeness (QED) is 0.802. The van der Waals surface area contributed by atoms with Crippen molar-refractivity contribution in [2.24, 2.45) is 0 Å². The zero-order chi connectivity index (χ0) is 11.1. The van der Waals surface area contributed by atoms with Gasteiger partial charge in [0.1, 0.15) is 0 Å². The Balaban J connectivity index is 2.55. The maximum atomic E-state index is 9.08. The third-order valence-electron chi connectivity index (χ3n) is 1.93. The molecule has 0 bridgehead atoms. The summed E-state index contributed by atoms with van der Waals surface area (Å²) in [6.45, 7) is 3.93. The van der Waals surface area contributed by atoms with E-state index in [4.69, 9.17) is 9.84 Å². The van der Waals surface area contributed by atoms with E-state index in [1.54, 1.807) is 0 Å². The van der Waals surface area contributed by atoms with Gasteiger partial charge in [0.2, 0.25) is 0 Å². The molecule has 0 saturated carbocycles. The molecule has 0 spiro atoms. The Kier molecular flexibility index (Phi) is 5.08. The summed E-state index contributed by atoms with van der Waals surface area (Å²) in [5, 5.41) is 9.08. The monoisotopic (exact) mass is 206 g/mol. The van der Waals surface area contributed by atoms with Crippen molar-refractivity contribution in [3.63, 3.8) is 0 Å². The van der Waals surface area contributed by atoms with E-state index in [1.807, 2.05) is 56.3 Å². The fourth-order valence-corrected chi connectivity index (χ4v) is 1.28. The van der Waals surface area contributed by atoms with Crippen molar-refractivity contribution in [3.8, 4) is 0 Å². The lowest BCUT2D eigenvalue weighted by atomic mass is 10.2. The smallest absolute Gasteiger partial charge is 0.0993 e. The number of rotatable bonds is 5. The normalized spacial score (nSPS) is 13.6. The fourth-order valence-electron chi connectivity index (χ4n) is 1.28. The van der Waals surface area contributed by atoms with E-state index in [-0.39, 0.29) is 18.8 Å². The SMILES string of the molecule is CC(C)OC(/C=C/c1ccccc1)CO. The molecule has 1 aromatic carbocycles. The molecule has 0 radical (unpaired) electrons. The largest absolute Gasteiger partial charge is 0.393 e. The van der Waals surface area contributed by atoms with Crippen LogP contribution in [0.15, 0.2) is 36.4 Å². The first-order valence-electron chi connectivity index (χ1n) is 5.22. The van der Waals surface area contributed by atoms with Crippen LogP contribution in [0.3, 0.4) is 0 Å². The van der Waals surface area contributed by atoms with Gasteiger partial charge in [-0.05, 0) is 19.4 Å². The Morgan fingerprint density at radius 2 is 1.93 bits per heavy atom. The zero-order valence-corrected chi connectivity index (χ0v) is 9.26. The topological polar surface area (TPSA) is 29.5 Å². The van der Waals surface area contributed by atoms with Crippen LogP contribution in [0.4, 0.5) is 0 Å². The van der Waals surface area contributed by atoms with Crippen LogP contribution < -0.4 is 0 Å². The molecular formula is C13H18O2. The summed E-state index contributed by atoms with van der Waals surface area (Å²) >= 11 is 0. The minimum Gasteiger partial charge on any atom is -0.393 e. The summed E-state index contributed by atoms with van der Waals surface area (Å²) < 4.78 is 5.48. The van der Waals surface area contributed by atoms with Gasteiger partial charge in [0.25, 0.3) is 0 Å². The number of hydrogen-bond donors (Lipinski definition) is 1. The fraction of sp³-hybridized carbons (Fsp3) is 0.385. The van der Waals surface area contributed by atoms with Crippen LogP contribution in [-0.2, 0) is 4.74 Å². The van der Waals surface area contributed by atoms with E-state index in [2.05, 4.69) is 0 Å². The van der Waals surface area contributed by atoms with Crippen LogP contribution >= 0.6 is 0 Å². The lowest BCUT2D eigenvalue weighted by molar-refractivity contribution is 0.00451. The highest BCUT2D eigenvalue weighted by Gasteiger charge is 2.04. The summed E-state index contributed by atoms with van der Waals surface area (Å²) in [6.07, 6.45) is 3.76. The first kappa shape index (κ1) is 12.0. The van der Waals surface area contributed by atoms with Crippen LogP contribution in [0.1, 0.15) is 19.4 Å². The van der Waals surface area contributed by atoms with Gasteiger partial charge in [-0.1, -0.05) is 42.5 Å². The molecule has 1 aromatic rings. The number of aliphatic hydroxyl groups excluding tert-OH is 1. The summed E-state index contributed by atoms with van der Waals surface area (Å²) in [5.41, 5.74) is 1.11. The molecule has 15 heavy (non-hydrogen) atoms. The van der Waals surface area contributed by atoms with E-state index in [0.717, 1.165) is 5.56 Å². The average molecular weight is 206 g/mol. The molecular weight excluding hydrogens is 188 g/mol. The maximum absolute atomic E-state index is 9.08. The van der Waals surface area contributed by atoms with Crippen LogP contribution in [0.25, 0.3) is 6.08 Å². The van der Waals surface area contributed by atoms with Crippen molar-refractivity contribution < 1.29 is 9.84 Å². The molecule has 1 atom stereocenters. The predicted molar refractivity (Wildman–Crippen MR) is 62.6 cm³/mol. The lowest BCUT2D eigenvalue weighted by Gasteiger charge is -2.14. The standard InChI is InChI=1S/C13H18O2/c1-11(2)15-13(10-14)9-8-12-6-4-3-5-7-12/h3-9,11,13-14H,10H2,1-2H3/b9-8+. The second-order valence-electron chi connectivity index (χ2n) is 3.68. The second kappa shape index (κ2) is 6.38. The molecule has 0 saturated heterocycles. The van der Waals surface area contributed by atoms with Gasteiger partial charge < -0.3 is 9.84 Å². The zero-order valence-electron chi connectivity index (χ0n) is 9.26. The first-order chi connectivity index (χ1) is 7.22. The minimum atomic E-state index is -0.217. The second-order valence-corrected chi connectivity index (χ2v) is 3.68. The maximum Gasteiger partial charge on any atom is 0.0993 e. The molecule has 0 aliphatic rings. The molecule has 82 valence electrons. The third kappa shape index (κ3) is 4.77. The Bertz CT molecular complexity index is 291. The van der Waals surface area contributed by atoms with Crippen molar-refractivity contribution in [2.75, 3.05) is 6.61 Å². The minimum absolute atomic E-state index is 0.0154. The number of hydrogen-bond acceptors (Lipinski definition) is 2. The average Bonchev–Trinajstić information content (AvgIpc) is 2.25. The summed E-state index contributed by atoms with van der Waals surface area (Å²) in [5.74, 6) is 0. The molecule has 1 N–H and O–H groups in total. The van der Waals surface area contributed by atoms with Gasteiger partial charge in [-0.15, -0.1) is 0 Å². The highest BCUT2D eigenvalue weighted by atomic mass is 16.5. The number of benzene rings is 1. The van der Waals surface area contributed by atoms with Crippen molar-refractivity contribution >= 4 is 6.08 Å². The molecule has 2 nitrogen and oxygen atoms in total. The van der Waals surface area contributed by atoms with Gasteiger partial charge in [-0.2, -0.15) is 0 Å².